The third-order valence-corrected chi connectivity index (χ3v) is 2.45. The fourth-order valence-electron chi connectivity index (χ4n) is 1.01. The molecule has 1 N–H and O–H groups in total. The van der Waals surface area contributed by atoms with Gasteiger partial charge >= 0.3 is 59.1 Å². The van der Waals surface area contributed by atoms with Gasteiger partial charge in [-0.15, -0.1) is 13.1 Å². The molecule has 0 aromatic carbocycles. The first kappa shape index (κ1) is 25.9. The van der Waals surface area contributed by atoms with E-state index < -0.39 is 6.10 Å². The van der Waals surface area contributed by atoms with Crippen molar-refractivity contribution in [2.45, 2.75) is 26.4 Å². The van der Waals surface area contributed by atoms with Crippen LogP contribution in [-0.4, -0.2) is 48.5 Å². The van der Waals surface area contributed by atoms with Gasteiger partial charge in [-0.1, -0.05) is 20.3 Å². The van der Waals surface area contributed by atoms with Crippen LogP contribution in [0.2, 0.25) is 0 Å². The number of ether oxygens (including phenoxy) is 2. The first-order valence-electron chi connectivity index (χ1n) is 5.79. The Kier molecular flexibility index (Phi) is 24.6. The first-order chi connectivity index (χ1) is 8.06. The molecule has 8 heteroatoms. The Balaban J connectivity index is -0.00000128. The molecule has 0 bridgehead atoms. The number of hydrogen-bond donors (Lipinski definition) is 1. The molecule has 0 aliphatic carbocycles. The summed E-state index contributed by atoms with van der Waals surface area (Å²) in [6.45, 7) is 6.46. The standard InChI is InChI=1S/C11H22NO3S2.2Na/c1-3-9(2)7-14-8-10(13)6-12-4-5-15-11(16)17;;/h9-10,13H,3-8H2,1-2H3,(H,16,17);;/q-1;2*+1/p-1. The van der Waals surface area contributed by atoms with Crippen molar-refractivity contribution in [2.24, 2.45) is 5.92 Å². The Hall–Kier alpha value is 1.99. The minimum Gasteiger partial charge on any atom is -0.657 e. The maximum Gasteiger partial charge on any atom is 1.00 e. The summed E-state index contributed by atoms with van der Waals surface area (Å²) >= 11 is 9.14. The average molecular weight is 325 g/mol. The first-order valence-corrected chi connectivity index (χ1v) is 6.60. The number of rotatable bonds is 10. The molecule has 0 fully saturated rings. The molecule has 0 saturated heterocycles. The number of thiocarbonyl (C=S) groups is 1. The summed E-state index contributed by atoms with van der Waals surface area (Å²) in [4.78, 5) is 0. The van der Waals surface area contributed by atoms with Crippen molar-refractivity contribution in [3.05, 3.63) is 5.32 Å². The second-order valence-electron chi connectivity index (χ2n) is 3.93. The molecular formula is C11H21NNa2O3S2. The van der Waals surface area contributed by atoms with E-state index in [-0.39, 0.29) is 63.5 Å². The fraction of sp³-hybridized carbons (Fsp3) is 0.909. The Bertz CT molecular complexity index is 214. The average Bonchev–Trinajstić information content (AvgIpc) is 2.27. The topological polar surface area (TPSA) is 52.8 Å². The molecule has 19 heavy (non-hydrogen) atoms. The maximum atomic E-state index is 9.54. The summed E-state index contributed by atoms with van der Waals surface area (Å²) < 4.78 is 10.4. The van der Waals surface area contributed by atoms with Gasteiger partial charge in [-0.3, -0.25) is 0 Å². The van der Waals surface area contributed by atoms with E-state index in [1.807, 2.05) is 0 Å². The van der Waals surface area contributed by atoms with Gasteiger partial charge in [-0.05, 0) is 5.92 Å². The predicted molar refractivity (Wildman–Crippen MR) is 75.3 cm³/mol. The van der Waals surface area contributed by atoms with E-state index in [9.17, 15) is 5.11 Å². The molecule has 2 unspecified atom stereocenters. The smallest absolute Gasteiger partial charge is 0.657 e. The van der Waals surface area contributed by atoms with Crippen molar-refractivity contribution in [3.8, 4) is 0 Å². The Morgan fingerprint density at radius 2 is 2.00 bits per heavy atom. The normalized spacial score (nSPS) is 12.8. The zero-order valence-electron chi connectivity index (χ0n) is 12.4. The SMILES string of the molecule is CCC(C)COCC(O)C[N-]CCOC(=S)[S-].[Na+].[Na+]. The van der Waals surface area contributed by atoms with Gasteiger partial charge in [0.05, 0.1) is 19.3 Å². The van der Waals surface area contributed by atoms with E-state index >= 15 is 0 Å². The van der Waals surface area contributed by atoms with E-state index in [1.165, 1.54) is 0 Å². The molecule has 0 saturated carbocycles. The van der Waals surface area contributed by atoms with E-state index in [2.05, 4.69) is 44.0 Å². The molecule has 0 amide bonds. The van der Waals surface area contributed by atoms with Gasteiger partial charge in [-0.25, -0.2) is 0 Å². The van der Waals surface area contributed by atoms with Gasteiger partial charge in [0.2, 0.25) is 0 Å². The van der Waals surface area contributed by atoms with Crippen LogP contribution in [0.25, 0.3) is 5.32 Å². The molecule has 0 aliphatic heterocycles. The van der Waals surface area contributed by atoms with Crippen LogP contribution in [0, 0.1) is 5.92 Å². The third kappa shape index (κ3) is 20.0. The minimum absolute atomic E-state index is 0. The molecular weight excluding hydrogens is 304 g/mol. The molecule has 0 radical (unpaired) electrons. The quantitative estimate of drug-likeness (QED) is 0.190. The zero-order valence-corrected chi connectivity index (χ0v) is 18.1. The predicted octanol–water partition coefficient (Wildman–Crippen LogP) is -4.36. The number of nitrogens with zero attached hydrogens (tertiary/aromatic N) is 1. The van der Waals surface area contributed by atoms with Gasteiger partial charge in [0, 0.05) is 11.0 Å². The van der Waals surface area contributed by atoms with Crippen molar-refractivity contribution in [1.82, 2.24) is 0 Å². The summed E-state index contributed by atoms with van der Waals surface area (Å²) in [5.41, 5.74) is 0. The summed E-state index contributed by atoms with van der Waals surface area (Å²) in [6, 6.07) is 0. The molecule has 0 rings (SSSR count). The monoisotopic (exact) mass is 325 g/mol. The molecule has 0 heterocycles. The van der Waals surface area contributed by atoms with Crippen molar-refractivity contribution >= 4 is 29.2 Å². The number of aliphatic hydroxyl groups excluding tert-OH is 1. The molecule has 102 valence electrons. The van der Waals surface area contributed by atoms with Crippen LogP contribution in [0.15, 0.2) is 0 Å². The Labute approximate surface area is 171 Å². The van der Waals surface area contributed by atoms with Crippen molar-refractivity contribution < 1.29 is 73.7 Å². The molecule has 0 aromatic heterocycles. The summed E-state index contributed by atoms with van der Waals surface area (Å²) in [5.74, 6) is 0.528. The zero-order chi connectivity index (χ0) is 13.1. The second kappa shape index (κ2) is 18.0. The molecule has 2 atom stereocenters. The summed E-state index contributed by atoms with van der Waals surface area (Å²) in [5, 5.41) is 13.6. The van der Waals surface area contributed by atoms with Crippen LogP contribution >= 0.6 is 12.2 Å². The van der Waals surface area contributed by atoms with Gasteiger partial charge in [0.25, 0.3) is 0 Å². The van der Waals surface area contributed by atoms with Gasteiger partial charge in [0.15, 0.2) is 0 Å². The van der Waals surface area contributed by atoms with Crippen LogP contribution in [0.4, 0.5) is 0 Å². The summed E-state index contributed by atoms with van der Waals surface area (Å²) in [6.07, 6.45) is 0.535. The van der Waals surface area contributed by atoms with Gasteiger partial charge < -0.3 is 44.7 Å². The van der Waals surface area contributed by atoms with Gasteiger partial charge in [0.1, 0.15) is 0 Å². The van der Waals surface area contributed by atoms with Crippen molar-refractivity contribution in [1.29, 1.82) is 0 Å². The van der Waals surface area contributed by atoms with Crippen molar-refractivity contribution in [2.75, 3.05) is 32.9 Å². The van der Waals surface area contributed by atoms with Crippen LogP contribution in [0.5, 0.6) is 0 Å². The molecule has 0 aliphatic rings. The van der Waals surface area contributed by atoms with E-state index in [0.29, 0.717) is 38.8 Å². The van der Waals surface area contributed by atoms with E-state index in [1.54, 1.807) is 0 Å². The second-order valence-corrected chi connectivity index (χ2v) is 4.93. The van der Waals surface area contributed by atoms with Crippen LogP contribution in [-0.2, 0) is 22.1 Å². The number of aliphatic hydroxyl groups is 1. The Morgan fingerprint density at radius 3 is 2.53 bits per heavy atom. The third-order valence-electron chi connectivity index (χ3n) is 2.22. The molecule has 0 aromatic rings. The van der Waals surface area contributed by atoms with Gasteiger partial charge in [-0.2, -0.15) is 0 Å². The van der Waals surface area contributed by atoms with Crippen LogP contribution in [0.3, 0.4) is 0 Å². The summed E-state index contributed by atoms with van der Waals surface area (Å²) in [7, 11) is 0. The minimum atomic E-state index is -0.547. The maximum absolute atomic E-state index is 9.54. The fourth-order valence-corrected chi connectivity index (χ4v) is 1.18. The molecule has 0 spiro atoms. The Morgan fingerprint density at radius 1 is 1.37 bits per heavy atom. The molecule has 4 nitrogen and oxygen atoms in total. The van der Waals surface area contributed by atoms with Crippen LogP contribution < -0.4 is 59.1 Å². The number of hydrogen-bond acceptors (Lipinski definition) is 5. The largest absolute Gasteiger partial charge is 1.00 e. The van der Waals surface area contributed by atoms with Crippen molar-refractivity contribution in [3.63, 3.8) is 0 Å². The van der Waals surface area contributed by atoms with Crippen LogP contribution in [0.1, 0.15) is 20.3 Å². The van der Waals surface area contributed by atoms with E-state index in [0.717, 1.165) is 6.42 Å². The van der Waals surface area contributed by atoms with E-state index in [4.69, 9.17) is 9.47 Å².